The maximum Gasteiger partial charge on any atom is 0.267 e. The molecule has 1 aliphatic carbocycles. The molecule has 14 heavy (non-hydrogen) atoms. The molecule has 1 atom stereocenters. The summed E-state index contributed by atoms with van der Waals surface area (Å²) in [5, 5.41) is 0. The zero-order valence-electron chi connectivity index (χ0n) is 8.14. The highest BCUT2D eigenvalue weighted by molar-refractivity contribution is 5.56. The van der Waals surface area contributed by atoms with E-state index < -0.39 is 5.92 Å². The van der Waals surface area contributed by atoms with Crippen LogP contribution in [0.4, 0.5) is 8.78 Å². The second kappa shape index (κ2) is 2.90. The van der Waals surface area contributed by atoms with E-state index in [9.17, 15) is 8.78 Å². The number of H-pyrrole nitrogens is 1. The number of imidazole rings is 1. The van der Waals surface area contributed by atoms with E-state index in [-0.39, 0.29) is 11.5 Å². The van der Waals surface area contributed by atoms with Crippen molar-refractivity contribution in [2.24, 2.45) is 5.92 Å². The molecular formula is C10H12F2N2. The van der Waals surface area contributed by atoms with Gasteiger partial charge in [0.05, 0.1) is 12.0 Å². The second-order valence-electron chi connectivity index (χ2n) is 3.86. The monoisotopic (exact) mass is 198 g/mol. The molecule has 76 valence electrons. The molecule has 0 amide bonds. The fraction of sp³-hybridized carbons (Fsp3) is 0.500. The van der Waals surface area contributed by atoms with Crippen molar-refractivity contribution in [2.75, 3.05) is 0 Å². The molecule has 1 unspecified atom stereocenters. The van der Waals surface area contributed by atoms with Gasteiger partial charge >= 0.3 is 0 Å². The molecule has 1 aromatic heterocycles. The number of nitrogens with one attached hydrogen (secondary N) is 1. The third-order valence-electron chi connectivity index (χ3n) is 2.59. The Balaban J connectivity index is 2.44. The molecule has 0 saturated heterocycles. The van der Waals surface area contributed by atoms with Crippen molar-refractivity contribution in [1.29, 1.82) is 0 Å². The normalized spacial score (nSPS) is 21.7. The Morgan fingerprint density at radius 1 is 1.57 bits per heavy atom. The number of rotatable bonds is 1. The number of halogens is 2. The van der Waals surface area contributed by atoms with Crippen molar-refractivity contribution in [1.82, 2.24) is 9.97 Å². The molecule has 2 rings (SSSR count). The van der Waals surface area contributed by atoms with E-state index in [4.69, 9.17) is 0 Å². The summed E-state index contributed by atoms with van der Waals surface area (Å²) in [4.78, 5) is 6.95. The summed E-state index contributed by atoms with van der Waals surface area (Å²) in [5.41, 5.74) is 1.78. The van der Waals surface area contributed by atoms with Gasteiger partial charge in [0.1, 0.15) is 0 Å². The first-order chi connectivity index (χ1) is 6.48. The summed E-state index contributed by atoms with van der Waals surface area (Å²) in [5.74, 6) is -2.86. The van der Waals surface area contributed by atoms with Crippen LogP contribution in [-0.4, -0.2) is 15.9 Å². The molecule has 0 spiro atoms. The number of hydrogen-bond acceptors (Lipinski definition) is 1. The van der Waals surface area contributed by atoms with E-state index >= 15 is 0 Å². The van der Waals surface area contributed by atoms with Gasteiger partial charge < -0.3 is 4.98 Å². The van der Waals surface area contributed by atoms with Crippen LogP contribution in [0.3, 0.4) is 0 Å². The molecule has 0 aromatic carbocycles. The third kappa shape index (κ3) is 1.45. The molecule has 1 N–H and O–H groups in total. The third-order valence-corrected chi connectivity index (χ3v) is 2.59. The van der Waals surface area contributed by atoms with Crippen molar-refractivity contribution >= 4 is 6.08 Å². The standard InChI is InChI=1S/C10H12F2N2/c1-6-3-8-9(14-5-13-8)4-7(6)10(2,11)12/h4-6H,3H2,1-2H3,(H,13,14). The Hall–Kier alpha value is -1.19. The second-order valence-corrected chi connectivity index (χ2v) is 3.86. The minimum atomic E-state index is -2.74. The van der Waals surface area contributed by atoms with Gasteiger partial charge in [-0.25, -0.2) is 13.8 Å². The SMILES string of the molecule is CC1Cc2[nH]cnc2C=C1C(C)(F)F. The van der Waals surface area contributed by atoms with Crippen LogP contribution < -0.4 is 0 Å². The van der Waals surface area contributed by atoms with E-state index in [2.05, 4.69) is 9.97 Å². The maximum atomic E-state index is 13.2. The van der Waals surface area contributed by atoms with E-state index in [1.165, 1.54) is 6.08 Å². The molecule has 0 radical (unpaired) electrons. The summed E-state index contributed by atoms with van der Waals surface area (Å²) < 4.78 is 26.3. The van der Waals surface area contributed by atoms with Gasteiger partial charge in [0, 0.05) is 18.2 Å². The molecule has 4 heteroatoms. The van der Waals surface area contributed by atoms with Gasteiger partial charge in [-0.2, -0.15) is 0 Å². The zero-order chi connectivity index (χ0) is 10.3. The van der Waals surface area contributed by atoms with Crippen molar-refractivity contribution in [2.45, 2.75) is 26.2 Å². The maximum absolute atomic E-state index is 13.2. The molecular weight excluding hydrogens is 186 g/mol. The highest BCUT2D eigenvalue weighted by Gasteiger charge is 2.34. The Labute approximate surface area is 81.1 Å². The van der Waals surface area contributed by atoms with Crippen LogP contribution in [0.25, 0.3) is 6.08 Å². The number of nitrogens with zero attached hydrogens (tertiary/aromatic N) is 1. The average Bonchev–Trinajstić information content (AvgIpc) is 2.47. The largest absolute Gasteiger partial charge is 0.348 e. The summed E-state index contributed by atoms with van der Waals surface area (Å²) in [6, 6.07) is 0. The lowest BCUT2D eigenvalue weighted by Gasteiger charge is -2.24. The van der Waals surface area contributed by atoms with E-state index in [0.717, 1.165) is 12.6 Å². The van der Waals surface area contributed by atoms with Crippen molar-refractivity contribution in [3.63, 3.8) is 0 Å². The zero-order valence-corrected chi connectivity index (χ0v) is 8.14. The van der Waals surface area contributed by atoms with E-state index in [0.29, 0.717) is 12.1 Å². The Morgan fingerprint density at radius 3 is 2.93 bits per heavy atom. The predicted molar refractivity (Wildman–Crippen MR) is 50.1 cm³/mol. The first-order valence-electron chi connectivity index (χ1n) is 4.60. The van der Waals surface area contributed by atoms with Gasteiger partial charge in [-0.3, -0.25) is 0 Å². The molecule has 0 bridgehead atoms. The molecule has 0 fully saturated rings. The van der Waals surface area contributed by atoms with Crippen LogP contribution in [0, 0.1) is 5.92 Å². The molecule has 1 aliphatic rings. The van der Waals surface area contributed by atoms with Gasteiger partial charge in [0.15, 0.2) is 0 Å². The number of aromatic nitrogens is 2. The number of aromatic amines is 1. The minimum absolute atomic E-state index is 0.122. The van der Waals surface area contributed by atoms with Crippen molar-refractivity contribution in [3.05, 3.63) is 23.3 Å². The molecule has 0 aliphatic heterocycles. The molecule has 1 aromatic rings. The van der Waals surface area contributed by atoms with Crippen LogP contribution in [0.5, 0.6) is 0 Å². The Bertz CT molecular complexity index is 374. The summed E-state index contributed by atoms with van der Waals surface area (Å²) in [6.07, 6.45) is 3.66. The van der Waals surface area contributed by atoms with Gasteiger partial charge in [-0.1, -0.05) is 6.92 Å². The molecule has 1 heterocycles. The Kier molecular flexibility index (Phi) is 1.94. The summed E-state index contributed by atoms with van der Waals surface area (Å²) in [6.45, 7) is 2.75. The first kappa shape index (κ1) is 9.37. The van der Waals surface area contributed by atoms with Gasteiger partial charge in [0.25, 0.3) is 5.92 Å². The van der Waals surface area contributed by atoms with Crippen LogP contribution in [0.1, 0.15) is 25.2 Å². The topological polar surface area (TPSA) is 28.7 Å². The number of fused-ring (bicyclic) bond motifs is 1. The fourth-order valence-electron chi connectivity index (χ4n) is 1.88. The Morgan fingerprint density at radius 2 is 2.29 bits per heavy atom. The van der Waals surface area contributed by atoms with Gasteiger partial charge in [0.2, 0.25) is 0 Å². The van der Waals surface area contributed by atoms with Gasteiger partial charge in [-0.05, 0) is 18.4 Å². The molecule has 0 saturated carbocycles. The van der Waals surface area contributed by atoms with Crippen LogP contribution >= 0.6 is 0 Å². The summed E-state index contributed by atoms with van der Waals surface area (Å²) >= 11 is 0. The van der Waals surface area contributed by atoms with Crippen LogP contribution in [0.2, 0.25) is 0 Å². The number of allylic oxidation sites excluding steroid dienone is 1. The smallest absolute Gasteiger partial charge is 0.267 e. The fourth-order valence-corrected chi connectivity index (χ4v) is 1.88. The highest BCUT2D eigenvalue weighted by atomic mass is 19.3. The highest BCUT2D eigenvalue weighted by Crippen LogP contribution is 2.36. The van der Waals surface area contributed by atoms with Crippen molar-refractivity contribution in [3.8, 4) is 0 Å². The van der Waals surface area contributed by atoms with Gasteiger partial charge in [-0.15, -0.1) is 0 Å². The molecule has 2 nitrogen and oxygen atoms in total. The predicted octanol–water partition coefficient (Wildman–Crippen LogP) is 2.64. The summed E-state index contributed by atoms with van der Waals surface area (Å²) in [7, 11) is 0. The average molecular weight is 198 g/mol. The van der Waals surface area contributed by atoms with Crippen LogP contribution in [-0.2, 0) is 6.42 Å². The van der Waals surface area contributed by atoms with Crippen LogP contribution in [0.15, 0.2) is 11.9 Å². The lowest BCUT2D eigenvalue weighted by atomic mass is 9.86. The minimum Gasteiger partial charge on any atom is -0.348 e. The number of hydrogen-bond donors (Lipinski definition) is 1. The van der Waals surface area contributed by atoms with E-state index in [1.54, 1.807) is 6.33 Å². The first-order valence-corrected chi connectivity index (χ1v) is 4.60. The van der Waals surface area contributed by atoms with E-state index in [1.807, 2.05) is 6.92 Å². The quantitative estimate of drug-likeness (QED) is 0.738. The lowest BCUT2D eigenvalue weighted by Crippen LogP contribution is -2.23. The lowest BCUT2D eigenvalue weighted by molar-refractivity contribution is 0.0536. The van der Waals surface area contributed by atoms with Crippen molar-refractivity contribution < 1.29 is 8.78 Å². The number of alkyl halides is 2.